The van der Waals surface area contributed by atoms with Crippen LogP contribution < -0.4 is 5.32 Å². The topological polar surface area (TPSA) is 103 Å². The van der Waals surface area contributed by atoms with Crippen LogP contribution in [0.3, 0.4) is 0 Å². The SMILES string of the molecule is Cc1ccc(C(=O)c2ccccc2C(=O)OCC(=O)Nc2cc(Cl)ccc2-n2cncn2)cc1. The minimum absolute atomic E-state index is 0.0759. The molecule has 1 heterocycles. The molecule has 34 heavy (non-hydrogen) atoms. The number of anilines is 1. The molecule has 170 valence electrons. The molecule has 0 atom stereocenters. The molecule has 0 bridgehead atoms. The average Bonchev–Trinajstić information content (AvgIpc) is 3.37. The summed E-state index contributed by atoms with van der Waals surface area (Å²) in [7, 11) is 0. The lowest BCUT2D eigenvalue weighted by Crippen LogP contribution is -2.22. The molecule has 8 nitrogen and oxygen atoms in total. The van der Waals surface area contributed by atoms with Crippen molar-refractivity contribution in [3.8, 4) is 5.69 Å². The second kappa shape index (κ2) is 10.1. The standard InChI is InChI=1S/C25H19ClN4O4/c1-16-6-8-17(9-7-16)24(32)19-4-2-3-5-20(19)25(33)34-13-23(31)29-21-12-18(26)10-11-22(21)30-15-27-14-28-30/h2-12,14-15H,13H2,1H3,(H,29,31). The molecule has 3 aromatic carbocycles. The van der Waals surface area contributed by atoms with Crippen LogP contribution in [0.4, 0.5) is 5.69 Å². The first-order valence-corrected chi connectivity index (χ1v) is 10.6. The maximum Gasteiger partial charge on any atom is 0.339 e. The van der Waals surface area contributed by atoms with Crippen LogP contribution in [0.2, 0.25) is 5.02 Å². The lowest BCUT2D eigenvalue weighted by molar-refractivity contribution is -0.119. The smallest absolute Gasteiger partial charge is 0.339 e. The fraction of sp³-hybridized carbons (Fsp3) is 0.0800. The van der Waals surface area contributed by atoms with Crippen molar-refractivity contribution in [2.24, 2.45) is 0 Å². The van der Waals surface area contributed by atoms with Crippen molar-refractivity contribution in [1.82, 2.24) is 14.8 Å². The summed E-state index contributed by atoms with van der Waals surface area (Å²) in [5.41, 5.74) is 2.64. The number of ether oxygens (including phenoxy) is 1. The highest BCUT2D eigenvalue weighted by Gasteiger charge is 2.20. The number of nitrogens with zero attached hydrogens (tertiary/aromatic N) is 3. The predicted octanol–water partition coefficient (Wildman–Crippen LogP) is 4.26. The molecular formula is C25H19ClN4O4. The summed E-state index contributed by atoms with van der Waals surface area (Å²) in [6.07, 6.45) is 2.83. The van der Waals surface area contributed by atoms with Crippen LogP contribution in [0.5, 0.6) is 0 Å². The van der Waals surface area contributed by atoms with E-state index in [9.17, 15) is 14.4 Å². The number of carbonyl (C=O) groups excluding carboxylic acids is 3. The van der Waals surface area contributed by atoms with Gasteiger partial charge < -0.3 is 10.1 Å². The van der Waals surface area contributed by atoms with Crippen molar-refractivity contribution < 1.29 is 19.1 Å². The Balaban J connectivity index is 1.46. The Hall–Kier alpha value is -4.30. The second-order valence-corrected chi connectivity index (χ2v) is 7.80. The van der Waals surface area contributed by atoms with Gasteiger partial charge in [-0.1, -0.05) is 59.6 Å². The highest BCUT2D eigenvalue weighted by atomic mass is 35.5. The predicted molar refractivity (Wildman–Crippen MR) is 126 cm³/mol. The zero-order valence-corrected chi connectivity index (χ0v) is 18.8. The number of hydrogen-bond acceptors (Lipinski definition) is 6. The van der Waals surface area contributed by atoms with Crippen molar-refractivity contribution in [3.05, 3.63) is 107 Å². The molecule has 0 aliphatic heterocycles. The number of aryl methyl sites for hydroxylation is 1. The Morgan fingerprint density at radius 3 is 2.44 bits per heavy atom. The summed E-state index contributed by atoms with van der Waals surface area (Å²) in [6.45, 7) is 1.36. The molecule has 0 aliphatic rings. The van der Waals surface area contributed by atoms with Crippen LogP contribution in [0.25, 0.3) is 5.69 Å². The van der Waals surface area contributed by atoms with Crippen LogP contribution in [-0.4, -0.2) is 39.0 Å². The Morgan fingerprint density at radius 2 is 1.74 bits per heavy atom. The summed E-state index contributed by atoms with van der Waals surface area (Å²) in [5.74, 6) is -1.68. The fourth-order valence-corrected chi connectivity index (χ4v) is 3.43. The third kappa shape index (κ3) is 5.19. The normalized spacial score (nSPS) is 10.5. The van der Waals surface area contributed by atoms with Gasteiger partial charge in [0.25, 0.3) is 5.91 Å². The number of amides is 1. The molecule has 0 saturated carbocycles. The Morgan fingerprint density at radius 1 is 1.00 bits per heavy atom. The van der Waals surface area contributed by atoms with E-state index in [1.165, 1.54) is 23.4 Å². The summed E-state index contributed by atoms with van der Waals surface area (Å²) < 4.78 is 6.66. The zero-order chi connectivity index (χ0) is 24.1. The minimum Gasteiger partial charge on any atom is -0.452 e. The number of hydrogen-bond donors (Lipinski definition) is 1. The number of aromatic nitrogens is 3. The highest BCUT2D eigenvalue weighted by molar-refractivity contribution is 6.31. The Labute approximate surface area is 200 Å². The Bertz CT molecular complexity index is 1350. The molecule has 1 N–H and O–H groups in total. The highest BCUT2D eigenvalue weighted by Crippen LogP contribution is 2.24. The number of rotatable bonds is 7. The summed E-state index contributed by atoms with van der Waals surface area (Å²) in [6, 6.07) is 18.2. The molecule has 0 radical (unpaired) electrons. The van der Waals surface area contributed by atoms with E-state index < -0.39 is 18.5 Å². The lowest BCUT2D eigenvalue weighted by Gasteiger charge is -2.12. The van der Waals surface area contributed by atoms with E-state index in [-0.39, 0.29) is 16.9 Å². The van der Waals surface area contributed by atoms with Crippen LogP contribution in [0, 0.1) is 6.92 Å². The summed E-state index contributed by atoms with van der Waals surface area (Å²) in [4.78, 5) is 42.1. The van der Waals surface area contributed by atoms with Gasteiger partial charge in [-0.25, -0.2) is 14.5 Å². The molecule has 4 aromatic rings. The van der Waals surface area contributed by atoms with E-state index in [1.807, 2.05) is 19.1 Å². The largest absolute Gasteiger partial charge is 0.452 e. The van der Waals surface area contributed by atoms with Gasteiger partial charge in [-0.2, -0.15) is 5.10 Å². The van der Waals surface area contributed by atoms with E-state index in [4.69, 9.17) is 16.3 Å². The monoisotopic (exact) mass is 474 g/mol. The van der Waals surface area contributed by atoms with Gasteiger partial charge in [0.15, 0.2) is 12.4 Å². The molecule has 0 unspecified atom stereocenters. The van der Waals surface area contributed by atoms with E-state index in [2.05, 4.69) is 15.4 Å². The Kier molecular flexibility index (Phi) is 6.79. The zero-order valence-electron chi connectivity index (χ0n) is 18.1. The van der Waals surface area contributed by atoms with Crippen molar-refractivity contribution in [2.75, 3.05) is 11.9 Å². The van der Waals surface area contributed by atoms with Crippen molar-refractivity contribution in [2.45, 2.75) is 6.92 Å². The molecule has 0 fully saturated rings. The van der Waals surface area contributed by atoms with Crippen molar-refractivity contribution >= 4 is 34.9 Å². The molecule has 1 aromatic heterocycles. The first-order valence-electron chi connectivity index (χ1n) is 10.2. The first-order chi connectivity index (χ1) is 16.4. The fourth-order valence-electron chi connectivity index (χ4n) is 3.26. The summed E-state index contributed by atoms with van der Waals surface area (Å²) >= 11 is 6.06. The molecule has 0 saturated heterocycles. The van der Waals surface area contributed by atoms with Crippen molar-refractivity contribution in [1.29, 1.82) is 0 Å². The minimum atomic E-state index is -0.784. The number of ketones is 1. The third-order valence-corrected chi connectivity index (χ3v) is 5.17. The lowest BCUT2D eigenvalue weighted by atomic mass is 9.98. The van der Waals surface area contributed by atoms with Crippen LogP contribution in [-0.2, 0) is 9.53 Å². The molecule has 9 heteroatoms. The van der Waals surface area contributed by atoms with Crippen LogP contribution in [0.15, 0.2) is 79.4 Å². The third-order valence-electron chi connectivity index (χ3n) is 4.94. The maximum atomic E-state index is 12.9. The van der Waals surface area contributed by atoms with Gasteiger partial charge in [-0.3, -0.25) is 9.59 Å². The van der Waals surface area contributed by atoms with Gasteiger partial charge in [0.2, 0.25) is 0 Å². The van der Waals surface area contributed by atoms with Gasteiger partial charge in [-0.05, 0) is 31.2 Å². The van der Waals surface area contributed by atoms with Crippen LogP contribution in [0.1, 0.15) is 31.8 Å². The van der Waals surface area contributed by atoms with E-state index >= 15 is 0 Å². The van der Waals surface area contributed by atoms with Crippen molar-refractivity contribution in [3.63, 3.8) is 0 Å². The molecule has 4 rings (SSSR count). The molecule has 0 spiro atoms. The van der Waals surface area contributed by atoms with Gasteiger partial charge in [0, 0.05) is 16.1 Å². The first kappa shape index (κ1) is 22.9. The van der Waals surface area contributed by atoms with Gasteiger partial charge in [0.05, 0.1) is 16.9 Å². The van der Waals surface area contributed by atoms with E-state index in [0.29, 0.717) is 22.0 Å². The average molecular weight is 475 g/mol. The second-order valence-electron chi connectivity index (χ2n) is 7.37. The van der Waals surface area contributed by atoms with Gasteiger partial charge >= 0.3 is 5.97 Å². The molecular weight excluding hydrogens is 456 g/mol. The molecule has 0 aliphatic carbocycles. The van der Waals surface area contributed by atoms with Crippen LogP contribution >= 0.6 is 11.6 Å². The van der Waals surface area contributed by atoms with E-state index in [1.54, 1.807) is 48.5 Å². The summed E-state index contributed by atoms with van der Waals surface area (Å²) in [5, 5.41) is 7.11. The van der Waals surface area contributed by atoms with Gasteiger partial charge in [0.1, 0.15) is 12.7 Å². The number of halogens is 1. The number of carbonyl (C=O) groups is 3. The van der Waals surface area contributed by atoms with E-state index in [0.717, 1.165) is 5.56 Å². The maximum absolute atomic E-state index is 12.9. The number of benzene rings is 3. The quantitative estimate of drug-likeness (QED) is 0.317. The van der Waals surface area contributed by atoms with Gasteiger partial charge in [-0.15, -0.1) is 0 Å². The number of nitrogens with one attached hydrogen (secondary N) is 1. The number of esters is 1. The molecule has 1 amide bonds.